The molecule has 1 heterocycles. The van der Waals surface area contributed by atoms with Gasteiger partial charge in [-0.15, -0.1) is 0 Å². The lowest BCUT2D eigenvalue weighted by Crippen LogP contribution is -2.45. The van der Waals surface area contributed by atoms with Gasteiger partial charge in [0.15, 0.2) is 5.60 Å². The quantitative estimate of drug-likeness (QED) is 0.630. The first-order chi connectivity index (χ1) is 9.54. The van der Waals surface area contributed by atoms with Gasteiger partial charge in [0.05, 0.1) is 0 Å². The molecule has 1 saturated heterocycles. The van der Waals surface area contributed by atoms with E-state index in [1.54, 1.807) is 0 Å². The van der Waals surface area contributed by atoms with E-state index in [1.807, 2.05) is 0 Å². The van der Waals surface area contributed by atoms with Crippen LogP contribution in [0.15, 0.2) is 12.2 Å². The summed E-state index contributed by atoms with van der Waals surface area (Å²) in [6, 6.07) is 0. The van der Waals surface area contributed by atoms with Crippen molar-refractivity contribution in [3.8, 4) is 0 Å². The number of hydrogen-bond acceptors (Lipinski definition) is 3. The van der Waals surface area contributed by atoms with Crippen LogP contribution in [0, 0.1) is 17.8 Å². The molecule has 2 bridgehead atoms. The largest absolute Gasteiger partial charge is 0.455 e. The van der Waals surface area contributed by atoms with Gasteiger partial charge in [0.1, 0.15) is 5.60 Å². The normalized spacial score (nSPS) is 41.7. The number of halogens is 3. The lowest BCUT2D eigenvalue weighted by Gasteiger charge is -2.38. The van der Waals surface area contributed by atoms with E-state index < -0.39 is 17.4 Å². The first-order valence-electron chi connectivity index (χ1n) is 7.24. The lowest BCUT2D eigenvalue weighted by molar-refractivity contribution is -0.260. The molecule has 3 fully saturated rings. The number of carbonyl (C=O) groups is 1. The minimum atomic E-state index is -4.61. The predicted molar refractivity (Wildman–Crippen MR) is 68.2 cm³/mol. The van der Waals surface area contributed by atoms with Crippen molar-refractivity contribution in [3.05, 3.63) is 12.2 Å². The molecule has 5 unspecified atom stereocenters. The molecule has 6 heteroatoms. The number of fused-ring (bicyclic) bond motifs is 3. The van der Waals surface area contributed by atoms with Crippen molar-refractivity contribution in [2.75, 3.05) is 0 Å². The Labute approximate surface area is 121 Å². The van der Waals surface area contributed by atoms with Crippen LogP contribution < -0.4 is 0 Å². The van der Waals surface area contributed by atoms with Crippen LogP contribution in [0.5, 0.6) is 0 Å². The molecule has 3 rings (SSSR count). The first kappa shape index (κ1) is 14.9. The zero-order valence-electron chi connectivity index (χ0n) is 11.9. The van der Waals surface area contributed by atoms with Crippen LogP contribution in [0.25, 0.3) is 0 Å². The number of rotatable bonds is 2. The van der Waals surface area contributed by atoms with Gasteiger partial charge in [-0.05, 0) is 50.4 Å². The van der Waals surface area contributed by atoms with Crippen LogP contribution in [0.3, 0.4) is 0 Å². The highest BCUT2D eigenvalue weighted by molar-refractivity contribution is 5.90. The molecule has 0 aromatic heterocycles. The van der Waals surface area contributed by atoms with Crippen LogP contribution in [0.4, 0.5) is 13.2 Å². The molecule has 3 nitrogen and oxygen atoms in total. The zero-order valence-corrected chi connectivity index (χ0v) is 11.9. The summed E-state index contributed by atoms with van der Waals surface area (Å²) in [5.41, 5.74) is -2.72. The average molecular weight is 304 g/mol. The highest BCUT2D eigenvalue weighted by Gasteiger charge is 2.62. The van der Waals surface area contributed by atoms with Crippen LogP contribution in [0.2, 0.25) is 0 Å². The SMILES string of the molecule is C=C1CC2(CC3CC2CC3CC(C)(O)C(F)(F)F)OC1=O. The number of carbonyl (C=O) groups excluding carboxylic acids is 1. The van der Waals surface area contributed by atoms with E-state index in [2.05, 4.69) is 6.58 Å². The molecule has 2 saturated carbocycles. The molecule has 3 aliphatic rings. The summed E-state index contributed by atoms with van der Waals surface area (Å²) in [5.74, 6) is -0.353. The van der Waals surface area contributed by atoms with Crippen LogP contribution in [0.1, 0.15) is 39.0 Å². The van der Waals surface area contributed by atoms with Gasteiger partial charge in [0.2, 0.25) is 0 Å². The summed E-state index contributed by atoms with van der Waals surface area (Å²) in [4.78, 5) is 11.5. The molecular formula is C15H19F3O3. The summed E-state index contributed by atoms with van der Waals surface area (Å²) in [6.45, 7) is 4.52. The molecule has 1 N–H and O–H groups in total. The van der Waals surface area contributed by atoms with Crippen LogP contribution in [-0.4, -0.2) is 28.5 Å². The monoisotopic (exact) mass is 304 g/mol. The second-order valence-electron chi connectivity index (χ2n) is 7.10. The van der Waals surface area contributed by atoms with Gasteiger partial charge >= 0.3 is 12.1 Å². The third kappa shape index (κ3) is 2.18. The fourth-order valence-corrected chi connectivity index (χ4v) is 4.45. The van der Waals surface area contributed by atoms with Gasteiger partial charge in [-0.1, -0.05) is 6.58 Å². The van der Waals surface area contributed by atoms with Crippen molar-refractivity contribution in [1.29, 1.82) is 0 Å². The maximum atomic E-state index is 12.8. The molecule has 2 aliphatic carbocycles. The summed E-state index contributed by atoms with van der Waals surface area (Å²) < 4.78 is 43.9. The van der Waals surface area contributed by atoms with Crippen LogP contribution >= 0.6 is 0 Å². The third-order valence-corrected chi connectivity index (χ3v) is 5.56. The Balaban J connectivity index is 1.69. The van der Waals surface area contributed by atoms with Crippen LogP contribution in [-0.2, 0) is 9.53 Å². The minimum Gasteiger partial charge on any atom is -0.455 e. The third-order valence-electron chi connectivity index (χ3n) is 5.56. The summed E-state index contributed by atoms with van der Waals surface area (Å²) in [7, 11) is 0. The molecule has 118 valence electrons. The highest BCUT2D eigenvalue weighted by atomic mass is 19.4. The van der Waals surface area contributed by atoms with Gasteiger partial charge in [0.25, 0.3) is 0 Å². The molecular weight excluding hydrogens is 285 g/mol. The molecule has 1 aliphatic heterocycles. The second-order valence-corrected chi connectivity index (χ2v) is 7.10. The standard InChI is InChI=1S/C15H19F3O3/c1-8-5-14(21-12(8)19)7-10-4-11(14)3-9(10)6-13(2,20)15(16,17)18/h9-11,20H,1,3-7H2,2H3. The first-order valence-corrected chi connectivity index (χ1v) is 7.24. The van der Waals surface area contributed by atoms with E-state index in [9.17, 15) is 23.1 Å². The van der Waals surface area contributed by atoms with Gasteiger partial charge in [0, 0.05) is 12.0 Å². The summed E-state index contributed by atoms with van der Waals surface area (Å²) >= 11 is 0. The van der Waals surface area contributed by atoms with Crippen molar-refractivity contribution in [3.63, 3.8) is 0 Å². The summed E-state index contributed by atoms with van der Waals surface area (Å²) in [6.07, 6.45) is -2.43. The Bertz CT molecular complexity index is 479. The maximum absolute atomic E-state index is 12.8. The molecule has 1 spiro atoms. The van der Waals surface area contributed by atoms with E-state index in [4.69, 9.17) is 4.74 Å². The van der Waals surface area contributed by atoms with Gasteiger partial charge < -0.3 is 9.84 Å². The topological polar surface area (TPSA) is 46.5 Å². The number of aliphatic hydroxyl groups is 1. The second kappa shape index (κ2) is 4.24. The predicted octanol–water partition coefficient (Wildman–Crippen LogP) is 2.98. The molecule has 0 aromatic rings. The van der Waals surface area contributed by atoms with Crippen molar-refractivity contribution in [2.45, 2.75) is 56.4 Å². The summed E-state index contributed by atoms with van der Waals surface area (Å²) in [5, 5.41) is 9.66. The van der Waals surface area contributed by atoms with E-state index in [0.29, 0.717) is 24.8 Å². The highest BCUT2D eigenvalue weighted by Crippen LogP contribution is 2.61. The minimum absolute atomic E-state index is 0.0857. The fourth-order valence-electron chi connectivity index (χ4n) is 4.45. The molecule has 0 aromatic carbocycles. The fraction of sp³-hybridized carbons (Fsp3) is 0.800. The molecule has 0 amide bonds. The van der Waals surface area contributed by atoms with Crippen molar-refractivity contribution in [1.82, 2.24) is 0 Å². The van der Waals surface area contributed by atoms with Crippen molar-refractivity contribution >= 4 is 5.97 Å². The van der Waals surface area contributed by atoms with Crippen molar-refractivity contribution in [2.24, 2.45) is 17.8 Å². The van der Waals surface area contributed by atoms with E-state index in [1.165, 1.54) is 0 Å². The Morgan fingerprint density at radius 2 is 2.10 bits per heavy atom. The maximum Gasteiger partial charge on any atom is 0.416 e. The zero-order chi connectivity index (χ0) is 15.6. The van der Waals surface area contributed by atoms with Gasteiger partial charge in [-0.3, -0.25) is 0 Å². The Morgan fingerprint density at radius 1 is 1.43 bits per heavy atom. The Morgan fingerprint density at radius 3 is 2.52 bits per heavy atom. The van der Waals surface area contributed by atoms with E-state index in [-0.39, 0.29) is 30.1 Å². The van der Waals surface area contributed by atoms with Gasteiger partial charge in [-0.25, -0.2) is 4.79 Å². The van der Waals surface area contributed by atoms with E-state index >= 15 is 0 Å². The van der Waals surface area contributed by atoms with Crippen molar-refractivity contribution < 1.29 is 27.8 Å². The Hall–Kier alpha value is -1.04. The number of ether oxygens (including phenoxy) is 1. The lowest BCUT2D eigenvalue weighted by atomic mass is 9.73. The number of esters is 1. The van der Waals surface area contributed by atoms with Gasteiger partial charge in [-0.2, -0.15) is 13.2 Å². The van der Waals surface area contributed by atoms with E-state index in [0.717, 1.165) is 13.3 Å². The number of hydrogen-bond donors (Lipinski definition) is 1. The number of alkyl halides is 3. The Kier molecular flexibility index (Phi) is 3.01. The smallest absolute Gasteiger partial charge is 0.416 e. The molecule has 21 heavy (non-hydrogen) atoms. The average Bonchev–Trinajstić information content (AvgIpc) is 2.91. The molecule has 5 atom stereocenters. The molecule has 0 radical (unpaired) electrons.